The van der Waals surface area contributed by atoms with Gasteiger partial charge in [-0.1, -0.05) is 6.07 Å². The van der Waals surface area contributed by atoms with Crippen molar-refractivity contribution in [1.29, 1.82) is 0 Å². The Hall–Kier alpha value is -1.06. The van der Waals surface area contributed by atoms with Crippen LogP contribution in [-0.2, 0) is 11.8 Å². The van der Waals surface area contributed by atoms with Crippen LogP contribution >= 0.6 is 0 Å². The molecule has 1 aliphatic rings. The molecule has 0 amide bonds. The summed E-state index contributed by atoms with van der Waals surface area (Å²) in [5.41, 5.74) is 2.63. The van der Waals surface area contributed by atoms with E-state index >= 15 is 0 Å². The zero-order valence-corrected chi connectivity index (χ0v) is 11.4. The van der Waals surface area contributed by atoms with Crippen molar-refractivity contribution in [2.75, 3.05) is 13.2 Å². The molecule has 0 fully saturated rings. The molecule has 0 heterocycles. The van der Waals surface area contributed by atoms with Gasteiger partial charge in [-0.25, -0.2) is 0 Å². The molecule has 0 bridgehead atoms. The van der Waals surface area contributed by atoms with Gasteiger partial charge in [0.05, 0.1) is 0 Å². The SMILES string of the molecule is OCCCC1(CCCO)CCCc2cc(O)ccc21. The molecule has 0 aromatic heterocycles. The fraction of sp³-hybridized carbons (Fsp3) is 0.625. The zero-order chi connectivity index (χ0) is 13.7. The summed E-state index contributed by atoms with van der Waals surface area (Å²) in [5, 5.41) is 27.9. The first-order valence-electron chi connectivity index (χ1n) is 7.26. The summed E-state index contributed by atoms with van der Waals surface area (Å²) in [5.74, 6) is 0.332. The second-order valence-corrected chi connectivity index (χ2v) is 5.63. The first kappa shape index (κ1) is 14.4. The number of aryl methyl sites for hydroxylation is 1. The van der Waals surface area contributed by atoms with E-state index in [1.807, 2.05) is 12.1 Å². The molecular weight excluding hydrogens is 240 g/mol. The maximum Gasteiger partial charge on any atom is 0.115 e. The van der Waals surface area contributed by atoms with Gasteiger partial charge in [0.2, 0.25) is 0 Å². The molecule has 19 heavy (non-hydrogen) atoms. The van der Waals surface area contributed by atoms with Crippen LogP contribution in [0.3, 0.4) is 0 Å². The van der Waals surface area contributed by atoms with Crippen LogP contribution in [0, 0.1) is 0 Å². The number of aliphatic hydroxyl groups is 2. The molecule has 0 atom stereocenters. The van der Waals surface area contributed by atoms with Gasteiger partial charge >= 0.3 is 0 Å². The minimum Gasteiger partial charge on any atom is -0.508 e. The molecule has 0 saturated carbocycles. The standard InChI is InChI=1S/C16H24O3/c17-10-2-8-16(9-3-11-18)7-1-4-13-12-14(19)5-6-15(13)16/h5-6,12,17-19H,1-4,7-11H2. The molecule has 0 saturated heterocycles. The number of rotatable bonds is 6. The summed E-state index contributed by atoms with van der Waals surface area (Å²) in [6, 6.07) is 5.68. The van der Waals surface area contributed by atoms with Gasteiger partial charge in [-0.15, -0.1) is 0 Å². The lowest BCUT2D eigenvalue weighted by Gasteiger charge is -2.40. The Morgan fingerprint density at radius 1 is 1.05 bits per heavy atom. The lowest BCUT2D eigenvalue weighted by Crippen LogP contribution is -2.31. The normalized spacial score (nSPS) is 17.2. The van der Waals surface area contributed by atoms with Gasteiger partial charge in [-0.3, -0.25) is 0 Å². The molecule has 1 aromatic carbocycles. The Morgan fingerprint density at radius 2 is 1.74 bits per heavy atom. The van der Waals surface area contributed by atoms with Crippen molar-refractivity contribution < 1.29 is 15.3 Å². The Balaban J connectivity index is 2.32. The predicted octanol–water partition coefficient (Wildman–Crippen LogP) is 2.51. The van der Waals surface area contributed by atoms with Gasteiger partial charge in [-0.2, -0.15) is 0 Å². The van der Waals surface area contributed by atoms with Crippen LogP contribution in [0.2, 0.25) is 0 Å². The topological polar surface area (TPSA) is 60.7 Å². The fourth-order valence-corrected chi connectivity index (χ4v) is 3.54. The molecule has 3 nitrogen and oxygen atoms in total. The summed E-state index contributed by atoms with van der Waals surface area (Å²) in [7, 11) is 0. The van der Waals surface area contributed by atoms with E-state index in [2.05, 4.69) is 0 Å². The first-order chi connectivity index (χ1) is 9.22. The van der Waals surface area contributed by atoms with Gasteiger partial charge in [0.25, 0.3) is 0 Å². The summed E-state index contributed by atoms with van der Waals surface area (Å²) < 4.78 is 0. The largest absolute Gasteiger partial charge is 0.508 e. The first-order valence-corrected chi connectivity index (χ1v) is 7.26. The van der Waals surface area contributed by atoms with Crippen LogP contribution in [0.25, 0.3) is 0 Å². The van der Waals surface area contributed by atoms with E-state index in [1.54, 1.807) is 6.07 Å². The lowest BCUT2D eigenvalue weighted by atomic mass is 9.65. The van der Waals surface area contributed by atoms with E-state index in [-0.39, 0.29) is 18.6 Å². The Morgan fingerprint density at radius 3 is 2.37 bits per heavy atom. The smallest absolute Gasteiger partial charge is 0.115 e. The zero-order valence-electron chi connectivity index (χ0n) is 11.4. The van der Waals surface area contributed by atoms with E-state index in [0.717, 1.165) is 44.9 Å². The predicted molar refractivity (Wildman–Crippen MR) is 75.4 cm³/mol. The van der Waals surface area contributed by atoms with Crippen molar-refractivity contribution >= 4 is 0 Å². The number of hydrogen-bond donors (Lipinski definition) is 3. The summed E-state index contributed by atoms with van der Waals surface area (Å²) >= 11 is 0. The molecule has 3 N–H and O–H groups in total. The average molecular weight is 264 g/mol. The number of phenols is 1. The van der Waals surface area contributed by atoms with E-state index < -0.39 is 0 Å². The van der Waals surface area contributed by atoms with Gasteiger partial charge in [0, 0.05) is 13.2 Å². The van der Waals surface area contributed by atoms with Crippen LogP contribution in [-0.4, -0.2) is 28.5 Å². The highest BCUT2D eigenvalue weighted by molar-refractivity contribution is 5.41. The third-order valence-electron chi connectivity index (χ3n) is 4.39. The maximum atomic E-state index is 9.63. The van der Waals surface area contributed by atoms with Crippen LogP contribution in [0.1, 0.15) is 49.7 Å². The molecule has 1 aromatic rings. The fourth-order valence-electron chi connectivity index (χ4n) is 3.54. The van der Waals surface area contributed by atoms with Crippen molar-refractivity contribution in [2.45, 2.75) is 50.4 Å². The molecule has 0 aliphatic heterocycles. The average Bonchev–Trinajstić information content (AvgIpc) is 2.42. The highest BCUT2D eigenvalue weighted by Gasteiger charge is 2.35. The summed E-state index contributed by atoms with van der Waals surface area (Å²) in [6.45, 7) is 0.433. The van der Waals surface area contributed by atoms with Crippen LogP contribution < -0.4 is 0 Å². The molecular formula is C16H24O3. The second-order valence-electron chi connectivity index (χ2n) is 5.63. The number of aliphatic hydroxyl groups excluding tert-OH is 2. The van der Waals surface area contributed by atoms with Crippen LogP contribution in [0.4, 0.5) is 0 Å². The van der Waals surface area contributed by atoms with E-state index in [0.29, 0.717) is 5.75 Å². The molecule has 0 radical (unpaired) electrons. The summed E-state index contributed by atoms with van der Waals surface area (Å²) in [4.78, 5) is 0. The third kappa shape index (κ3) is 3.10. The van der Waals surface area contributed by atoms with Crippen molar-refractivity contribution in [2.24, 2.45) is 0 Å². The van der Waals surface area contributed by atoms with Crippen LogP contribution in [0.15, 0.2) is 18.2 Å². The quantitative estimate of drug-likeness (QED) is 0.740. The molecule has 0 spiro atoms. The Bertz CT molecular complexity index is 406. The molecule has 106 valence electrons. The van der Waals surface area contributed by atoms with Crippen LogP contribution in [0.5, 0.6) is 5.75 Å². The van der Waals surface area contributed by atoms with E-state index in [1.165, 1.54) is 11.1 Å². The van der Waals surface area contributed by atoms with Crippen molar-refractivity contribution in [1.82, 2.24) is 0 Å². The molecule has 2 rings (SSSR count). The van der Waals surface area contributed by atoms with E-state index in [4.69, 9.17) is 10.2 Å². The Kier molecular flexibility index (Phi) is 4.83. The van der Waals surface area contributed by atoms with Crippen molar-refractivity contribution in [3.05, 3.63) is 29.3 Å². The third-order valence-corrected chi connectivity index (χ3v) is 4.39. The number of benzene rings is 1. The lowest BCUT2D eigenvalue weighted by molar-refractivity contribution is 0.215. The number of phenolic OH excluding ortho intramolecular Hbond substituents is 1. The number of fused-ring (bicyclic) bond motifs is 1. The van der Waals surface area contributed by atoms with Gasteiger partial charge in [-0.05, 0) is 73.6 Å². The maximum absolute atomic E-state index is 9.63. The monoisotopic (exact) mass is 264 g/mol. The van der Waals surface area contributed by atoms with Gasteiger partial charge in [0.15, 0.2) is 0 Å². The second kappa shape index (κ2) is 6.40. The highest BCUT2D eigenvalue weighted by atomic mass is 16.3. The van der Waals surface area contributed by atoms with E-state index in [9.17, 15) is 5.11 Å². The number of hydrogen-bond acceptors (Lipinski definition) is 3. The van der Waals surface area contributed by atoms with Crippen molar-refractivity contribution in [3.63, 3.8) is 0 Å². The van der Waals surface area contributed by atoms with Gasteiger partial charge < -0.3 is 15.3 Å². The Labute approximate surface area is 114 Å². The highest BCUT2D eigenvalue weighted by Crippen LogP contribution is 2.44. The number of aromatic hydroxyl groups is 1. The molecule has 3 heteroatoms. The van der Waals surface area contributed by atoms with Gasteiger partial charge in [0.1, 0.15) is 5.75 Å². The minimum atomic E-state index is 0.0761. The molecule has 1 aliphatic carbocycles. The van der Waals surface area contributed by atoms with Crippen molar-refractivity contribution in [3.8, 4) is 5.75 Å². The summed E-state index contributed by atoms with van der Waals surface area (Å²) in [6.07, 6.45) is 6.77. The minimum absolute atomic E-state index is 0.0761. The molecule has 0 unspecified atom stereocenters.